The van der Waals surface area contributed by atoms with Crippen LogP contribution in [0.4, 0.5) is 0 Å². The summed E-state index contributed by atoms with van der Waals surface area (Å²) in [4.78, 5) is 23.6. The van der Waals surface area contributed by atoms with Crippen LogP contribution < -0.4 is 5.32 Å². The Morgan fingerprint density at radius 1 is 1.21 bits per heavy atom. The van der Waals surface area contributed by atoms with Gasteiger partial charge >= 0.3 is 5.97 Å². The van der Waals surface area contributed by atoms with E-state index in [1.54, 1.807) is 13.0 Å². The standard InChI is InChI=1S/C15H15NO3/c1-9-4-6-11(7-5-9)8-12-13(15(18)19-3)10(2)16-14(12)17/h4-8H,1-3H3,(H,16,17). The van der Waals surface area contributed by atoms with Crippen molar-refractivity contribution in [2.24, 2.45) is 0 Å². The number of nitrogens with one attached hydrogen (secondary N) is 1. The van der Waals surface area contributed by atoms with Crippen molar-refractivity contribution < 1.29 is 14.3 Å². The molecule has 1 amide bonds. The van der Waals surface area contributed by atoms with Gasteiger partial charge in [0.05, 0.1) is 18.3 Å². The van der Waals surface area contributed by atoms with E-state index in [-0.39, 0.29) is 5.91 Å². The summed E-state index contributed by atoms with van der Waals surface area (Å²) >= 11 is 0. The van der Waals surface area contributed by atoms with Gasteiger partial charge in [-0.1, -0.05) is 29.8 Å². The van der Waals surface area contributed by atoms with Gasteiger partial charge in [0.1, 0.15) is 0 Å². The molecule has 4 nitrogen and oxygen atoms in total. The molecule has 1 N–H and O–H groups in total. The smallest absolute Gasteiger partial charge is 0.340 e. The minimum atomic E-state index is -0.505. The van der Waals surface area contributed by atoms with Crippen LogP contribution in [0.1, 0.15) is 18.1 Å². The average Bonchev–Trinajstić information content (AvgIpc) is 2.66. The lowest BCUT2D eigenvalue weighted by atomic mass is 10.0. The number of allylic oxidation sites excluding steroid dienone is 1. The summed E-state index contributed by atoms with van der Waals surface area (Å²) in [5, 5.41) is 2.64. The summed E-state index contributed by atoms with van der Waals surface area (Å²) in [6.07, 6.45) is 1.69. The molecule has 0 bridgehead atoms. The van der Waals surface area contributed by atoms with Crippen molar-refractivity contribution in [3.8, 4) is 0 Å². The van der Waals surface area contributed by atoms with Crippen molar-refractivity contribution in [1.29, 1.82) is 0 Å². The Balaban J connectivity index is 2.44. The molecule has 1 aromatic rings. The number of rotatable bonds is 2. The summed E-state index contributed by atoms with van der Waals surface area (Å²) in [5.74, 6) is -0.785. The number of carbonyl (C=O) groups is 2. The SMILES string of the molecule is COC(=O)C1=C(C)NC(=O)C1=Cc1ccc(C)cc1. The van der Waals surface area contributed by atoms with Gasteiger partial charge < -0.3 is 10.1 Å². The van der Waals surface area contributed by atoms with E-state index in [4.69, 9.17) is 4.74 Å². The molecule has 1 aromatic carbocycles. The first kappa shape index (κ1) is 13.1. The van der Waals surface area contributed by atoms with E-state index >= 15 is 0 Å². The monoisotopic (exact) mass is 257 g/mol. The maximum atomic E-state index is 11.9. The van der Waals surface area contributed by atoms with E-state index < -0.39 is 5.97 Å². The lowest BCUT2D eigenvalue weighted by Crippen LogP contribution is -2.15. The Bertz CT molecular complexity index is 594. The molecule has 0 spiro atoms. The Hall–Kier alpha value is -2.36. The molecule has 0 aromatic heterocycles. The first-order valence-corrected chi connectivity index (χ1v) is 5.92. The Morgan fingerprint density at radius 3 is 2.42 bits per heavy atom. The number of hydrogen-bond acceptors (Lipinski definition) is 3. The fourth-order valence-corrected chi connectivity index (χ4v) is 1.95. The van der Waals surface area contributed by atoms with Crippen molar-refractivity contribution in [1.82, 2.24) is 5.32 Å². The molecular weight excluding hydrogens is 242 g/mol. The van der Waals surface area contributed by atoms with Gasteiger partial charge in [0.15, 0.2) is 0 Å². The second kappa shape index (κ2) is 5.10. The highest BCUT2D eigenvalue weighted by Crippen LogP contribution is 2.24. The number of ether oxygens (including phenoxy) is 1. The van der Waals surface area contributed by atoms with E-state index in [0.717, 1.165) is 11.1 Å². The van der Waals surface area contributed by atoms with Gasteiger partial charge in [0.25, 0.3) is 5.91 Å². The number of amides is 1. The molecule has 0 radical (unpaired) electrons. The highest BCUT2D eigenvalue weighted by Gasteiger charge is 2.30. The van der Waals surface area contributed by atoms with Crippen molar-refractivity contribution >= 4 is 18.0 Å². The molecule has 1 aliphatic rings. The third kappa shape index (κ3) is 2.57. The number of benzene rings is 1. The molecule has 0 fully saturated rings. The van der Waals surface area contributed by atoms with E-state index in [1.807, 2.05) is 31.2 Å². The number of aryl methyl sites for hydroxylation is 1. The molecule has 1 aliphatic heterocycles. The van der Waals surface area contributed by atoms with Crippen molar-refractivity contribution in [2.75, 3.05) is 7.11 Å². The molecule has 19 heavy (non-hydrogen) atoms. The normalized spacial score (nSPS) is 16.8. The van der Waals surface area contributed by atoms with E-state index in [9.17, 15) is 9.59 Å². The fraction of sp³-hybridized carbons (Fsp3) is 0.200. The van der Waals surface area contributed by atoms with Crippen molar-refractivity contribution in [3.63, 3.8) is 0 Å². The molecule has 0 saturated heterocycles. The second-order valence-corrected chi connectivity index (χ2v) is 4.41. The van der Waals surface area contributed by atoms with Crippen molar-refractivity contribution in [3.05, 3.63) is 52.2 Å². The summed E-state index contributed by atoms with van der Waals surface area (Å²) in [7, 11) is 1.30. The lowest BCUT2D eigenvalue weighted by Gasteiger charge is -2.02. The highest BCUT2D eigenvalue weighted by molar-refractivity contribution is 6.16. The van der Waals surface area contributed by atoms with Crippen LogP contribution in [-0.2, 0) is 14.3 Å². The van der Waals surface area contributed by atoms with Gasteiger partial charge in [0, 0.05) is 5.70 Å². The van der Waals surface area contributed by atoms with E-state index in [1.165, 1.54) is 7.11 Å². The molecule has 98 valence electrons. The summed E-state index contributed by atoms with van der Waals surface area (Å²) < 4.78 is 4.71. The van der Waals surface area contributed by atoms with E-state index in [0.29, 0.717) is 16.8 Å². The third-order valence-electron chi connectivity index (χ3n) is 2.97. The molecule has 0 unspecified atom stereocenters. The predicted octanol–water partition coefficient (Wildman–Crippen LogP) is 1.96. The molecule has 0 atom stereocenters. The highest BCUT2D eigenvalue weighted by atomic mass is 16.5. The van der Waals surface area contributed by atoms with Gasteiger partial charge in [-0.15, -0.1) is 0 Å². The first-order valence-electron chi connectivity index (χ1n) is 5.92. The average molecular weight is 257 g/mol. The van der Waals surface area contributed by atoms with Crippen LogP contribution in [0, 0.1) is 6.92 Å². The molecule has 2 rings (SSSR count). The number of methoxy groups -OCH3 is 1. The van der Waals surface area contributed by atoms with Crippen LogP contribution in [-0.4, -0.2) is 19.0 Å². The van der Waals surface area contributed by atoms with Crippen LogP contribution in [0.25, 0.3) is 6.08 Å². The third-order valence-corrected chi connectivity index (χ3v) is 2.97. The van der Waals surface area contributed by atoms with Crippen LogP contribution in [0.2, 0.25) is 0 Å². The molecule has 4 heteroatoms. The van der Waals surface area contributed by atoms with Gasteiger partial charge in [-0.3, -0.25) is 4.79 Å². The number of hydrogen-bond donors (Lipinski definition) is 1. The minimum Gasteiger partial charge on any atom is -0.465 e. The Kier molecular flexibility index (Phi) is 3.51. The van der Waals surface area contributed by atoms with Crippen LogP contribution >= 0.6 is 0 Å². The summed E-state index contributed by atoms with van der Waals surface area (Å²) in [6.45, 7) is 3.67. The van der Waals surface area contributed by atoms with Gasteiger partial charge in [-0.2, -0.15) is 0 Å². The van der Waals surface area contributed by atoms with Crippen LogP contribution in [0.3, 0.4) is 0 Å². The Morgan fingerprint density at radius 2 is 1.84 bits per heavy atom. The summed E-state index contributed by atoms with van der Waals surface area (Å²) in [5.41, 5.74) is 3.17. The largest absolute Gasteiger partial charge is 0.465 e. The summed E-state index contributed by atoms with van der Waals surface area (Å²) in [6, 6.07) is 7.71. The maximum absolute atomic E-state index is 11.9. The zero-order valence-corrected chi connectivity index (χ0v) is 11.1. The zero-order chi connectivity index (χ0) is 14.0. The first-order chi connectivity index (χ1) is 9.02. The fourth-order valence-electron chi connectivity index (χ4n) is 1.95. The number of carbonyl (C=O) groups excluding carboxylic acids is 2. The molecule has 1 heterocycles. The maximum Gasteiger partial charge on any atom is 0.340 e. The minimum absolute atomic E-state index is 0.279. The molecular formula is C15H15NO3. The molecule has 0 aliphatic carbocycles. The van der Waals surface area contributed by atoms with Gasteiger partial charge in [-0.25, -0.2) is 4.79 Å². The lowest BCUT2D eigenvalue weighted by molar-refractivity contribution is -0.136. The van der Waals surface area contributed by atoms with Crippen molar-refractivity contribution in [2.45, 2.75) is 13.8 Å². The van der Waals surface area contributed by atoms with Crippen LogP contribution in [0.5, 0.6) is 0 Å². The van der Waals surface area contributed by atoms with Gasteiger partial charge in [-0.05, 0) is 25.5 Å². The van der Waals surface area contributed by atoms with E-state index in [2.05, 4.69) is 5.32 Å². The molecule has 0 saturated carbocycles. The Labute approximate surface area is 111 Å². The zero-order valence-electron chi connectivity index (χ0n) is 11.1. The van der Waals surface area contributed by atoms with Gasteiger partial charge in [0.2, 0.25) is 0 Å². The topological polar surface area (TPSA) is 55.4 Å². The van der Waals surface area contributed by atoms with Crippen LogP contribution in [0.15, 0.2) is 41.1 Å². The predicted molar refractivity (Wildman–Crippen MR) is 72.0 cm³/mol. The number of esters is 1. The second-order valence-electron chi connectivity index (χ2n) is 4.41. The quantitative estimate of drug-likeness (QED) is 0.651.